The molecule has 29 heavy (non-hydrogen) atoms. The van der Waals surface area contributed by atoms with Crippen molar-refractivity contribution >= 4 is 27.7 Å². The van der Waals surface area contributed by atoms with Crippen molar-refractivity contribution in [2.75, 3.05) is 24.6 Å². The van der Waals surface area contributed by atoms with Crippen LogP contribution in [0.2, 0.25) is 0 Å². The van der Waals surface area contributed by atoms with E-state index in [9.17, 15) is 13.2 Å². The van der Waals surface area contributed by atoms with Crippen LogP contribution < -0.4 is 9.62 Å². The van der Waals surface area contributed by atoms with Crippen molar-refractivity contribution in [3.8, 4) is 0 Å². The lowest BCUT2D eigenvalue weighted by Gasteiger charge is -2.37. The molecular formula is C20H20N4O4S. The number of carbonyl (C=O) groups is 1. The molecule has 0 saturated carbocycles. The molecule has 0 spiro atoms. The third kappa shape index (κ3) is 4.04. The third-order valence-corrected chi connectivity index (χ3v) is 6.53. The molecule has 1 N–H and O–H groups in total. The van der Waals surface area contributed by atoms with Gasteiger partial charge in [-0.3, -0.25) is 0 Å². The number of hydrogen-bond acceptors (Lipinski definition) is 5. The van der Waals surface area contributed by atoms with Gasteiger partial charge in [-0.25, -0.2) is 9.64 Å². The zero-order valence-corrected chi connectivity index (χ0v) is 16.4. The van der Waals surface area contributed by atoms with Crippen molar-refractivity contribution in [1.29, 1.82) is 0 Å². The number of nitrogens with one attached hydrogen (secondary N) is 1. The molecule has 2 aromatic rings. The zero-order chi connectivity index (χ0) is 20.4. The van der Waals surface area contributed by atoms with Crippen LogP contribution in [-0.2, 0) is 27.9 Å². The highest BCUT2D eigenvalue weighted by Crippen LogP contribution is 2.32. The second kappa shape index (κ2) is 7.73. The van der Waals surface area contributed by atoms with Crippen LogP contribution in [0.4, 0.5) is 16.2 Å². The van der Waals surface area contributed by atoms with Crippen LogP contribution in [0.5, 0.6) is 0 Å². The summed E-state index contributed by atoms with van der Waals surface area (Å²) in [6.07, 6.45) is -0.420. The molecule has 0 radical (unpaired) electrons. The number of fused-ring (bicyclic) bond motifs is 1. The highest BCUT2D eigenvalue weighted by molar-refractivity contribution is 7.87. The maximum Gasteiger partial charge on any atom is 0.424 e. The van der Waals surface area contributed by atoms with Crippen LogP contribution >= 0.6 is 0 Å². The molecule has 2 aliphatic heterocycles. The zero-order valence-electron chi connectivity index (χ0n) is 15.6. The van der Waals surface area contributed by atoms with E-state index in [1.807, 2.05) is 36.4 Å². The van der Waals surface area contributed by atoms with Crippen LogP contribution in [0, 0.1) is 6.57 Å². The van der Waals surface area contributed by atoms with Gasteiger partial charge >= 0.3 is 16.3 Å². The fourth-order valence-corrected chi connectivity index (χ4v) is 4.98. The van der Waals surface area contributed by atoms with Gasteiger partial charge < -0.3 is 9.64 Å². The van der Waals surface area contributed by atoms with Crippen LogP contribution in [0.15, 0.2) is 48.5 Å². The van der Waals surface area contributed by atoms with E-state index in [1.54, 1.807) is 12.1 Å². The quantitative estimate of drug-likeness (QED) is 0.763. The molecule has 1 atom stereocenters. The predicted molar refractivity (Wildman–Crippen MR) is 108 cm³/mol. The number of cyclic esters (lactones) is 1. The van der Waals surface area contributed by atoms with E-state index in [4.69, 9.17) is 11.3 Å². The first-order valence-electron chi connectivity index (χ1n) is 9.22. The molecule has 2 aromatic carbocycles. The van der Waals surface area contributed by atoms with Gasteiger partial charge in [-0.1, -0.05) is 42.5 Å². The highest BCUT2D eigenvalue weighted by Gasteiger charge is 2.36. The number of nitrogens with zero attached hydrogens (tertiary/aromatic N) is 3. The Morgan fingerprint density at radius 1 is 1.21 bits per heavy atom. The first-order valence-corrected chi connectivity index (χ1v) is 10.7. The van der Waals surface area contributed by atoms with Gasteiger partial charge in [-0.2, -0.15) is 17.4 Å². The Morgan fingerprint density at radius 3 is 2.69 bits per heavy atom. The second-order valence-electron chi connectivity index (χ2n) is 7.00. The van der Waals surface area contributed by atoms with E-state index < -0.39 is 22.3 Å². The first kappa shape index (κ1) is 19.2. The summed E-state index contributed by atoms with van der Waals surface area (Å²) in [4.78, 5) is 17.3. The summed E-state index contributed by atoms with van der Waals surface area (Å²) in [5.74, 6) is 0. The molecule has 2 heterocycles. The van der Waals surface area contributed by atoms with Crippen LogP contribution in [0.3, 0.4) is 0 Å². The van der Waals surface area contributed by atoms with Crippen molar-refractivity contribution in [2.24, 2.45) is 0 Å². The Kier molecular flexibility index (Phi) is 5.13. The summed E-state index contributed by atoms with van der Waals surface area (Å²) in [6.45, 7) is 8.38. The van der Waals surface area contributed by atoms with Gasteiger partial charge in [-0.05, 0) is 23.6 Å². The Bertz CT molecular complexity index is 1070. The first-order chi connectivity index (χ1) is 14.0. The maximum atomic E-state index is 12.7. The number of hydrogen-bond donors (Lipinski definition) is 1. The minimum atomic E-state index is -4.00. The number of rotatable bonds is 5. The van der Waals surface area contributed by atoms with Gasteiger partial charge in [-0.15, -0.1) is 0 Å². The number of benzene rings is 2. The Balaban J connectivity index is 1.61. The van der Waals surface area contributed by atoms with E-state index >= 15 is 0 Å². The molecule has 0 bridgehead atoms. The molecule has 1 amide bonds. The molecule has 150 valence electrons. The minimum Gasteiger partial charge on any atom is -0.447 e. The van der Waals surface area contributed by atoms with Crippen molar-refractivity contribution < 1.29 is 17.9 Å². The lowest BCUT2D eigenvalue weighted by atomic mass is 9.97. The fourth-order valence-electron chi connectivity index (χ4n) is 3.71. The van der Waals surface area contributed by atoms with Gasteiger partial charge in [0.05, 0.1) is 13.1 Å². The van der Waals surface area contributed by atoms with E-state index in [0.29, 0.717) is 25.2 Å². The molecule has 0 aromatic heterocycles. The molecule has 8 nitrogen and oxygen atoms in total. The van der Waals surface area contributed by atoms with Crippen molar-refractivity contribution in [3.63, 3.8) is 0 Å². The summed E-state index contributed by atoms with van der Waals surface area (Å²) in [5.41, 5.74) is 3.49. The molecule has 1 fully saturated rings. The standard InChI is InChI=1S/C20H20N4O4S/c1-21-17-7-8-19-16(11-17)12-18(14-23(19)13-15-5-3-2-4-6-15)22-29(26,27)24-9-10-28-20(24)25/h2-8,11,18,22H,9-10,12-14H2. The number of ether oxygens (including phenoxy) is 1. The average Bonchev–Trinajstić information content (AvgIpc) is 3.15. The summed E-state index contributed by atoms with van der Waals surface area (Å²) in [5, 5.41) is 0. The lowest BCUT2D eigenvalue weighted by Crippen LogP contribution is -2.52. The van der Waals surface area contributed by atoms with Crippen LogP contribution in [0.1, 0.15) is 11.1 Å². The summed E-state index contributed by atoms with van der Waals surface area (Å²) < 4.78 is 33.4. The summed E-state index contributed by atoms with van der Waals surface area (Å²) >= 11 is 0. The smallest absolute Gasteiger partial charge is 0.424 e. The van der Waals surface area contributed by atoms with Crippen molar-refractivity contribution in [2.45, 2.75) is 19.0 Å². The number of amides is 1. The number of anilines is 1. The van der Waals surface area contributed by atoms with Crippen LogP contribution in [-0.4, -0.2) is 44.6 Å². The molecular weight excluding hydrogens is 392 g/mol. The summed E-state index contributed by atoms with van der Waals surface area (Å²) in [6, 6.07) is 14.9. The van der Waals surface area contributed by atoms with Gasteiger partial charge in [0.15, 0.2) is 5.69 Å². The molecule has 1 saturated heterocycles. The van der Waals surface area contributed by atoms with E-state index in [-0.39, 0.29) is 13.2 Å². The largest absolute Gasteiger partial charge is 0.447 e. The Morgan fingerprint density at radius 2 is 2.00 bits per heavy atom. The molecule has 4 rings (SSSR count). The second-order valence-corrected chi connectivity index (χ2v) is 8.63. The van der Waals surface area contributed by atoms with Crippen molar-refractivity contribution in [1.82, 2.24) is 9.03 Å². The van der Waals surface area contributed by atoms with Gasteiger partial charge in [0.25, 0.3) is 0 Å². The third-order valence-electron chi connectivity index (χ3n) is 4.99. The van der Waals surface area contributed by atoms with E-state index in [1.165, 1.54) is 0 Å². The molecule has 2 aliphatic rings. The average molecular weight is 412 g/mol. The molecule has 9 heteroatoms. The molecule has 1 unspecified atom stereocenters. The lowest BCUT2D eigenvalue weighted by molar-refractivity contribution is 0.169. The maximum absolute atomic E-state index is 12.7. The Hall–Kier alpha value is -3.09. The number of carbonyl (C=O) groups excluding carboxylic acids is 1. The van der Waals surface area contributed by atoms with E-state index in [0.717, 1.165) is 21.1 Å². The highest BCUT2D eigenvalue weighted by atomic mass is 32.2. The molecule has 0 aliphatic carbocycles. The van der Waals surface area contributed by atoms with Gasteiger partial charge in [0, 0.05) is 24.8 Å². The normalized spacial score (nSPS) is 18.9. The topological polar surface area (TPSA) is 83.3 Å². The summed E-state index contributed by atoms with van der Waals surface area (Å²) in [7, 11) is -4.00. The van der Waals surface area contributed by atoms with Crippen molar-refractivity contribution in [3.05, 3.63) is 71.1 Å². The van der Waals surface area contributed by atoms with Gasteiger partial charge in [0.1, 0.15) is 6.61 Å². The SMILES string of the molecule is [C-]#[N+]c1ccc2c(c1)CC(NS(=O)(=O)N1CCOC1=O)CN2Cc1ccccc1. The predicted octanol–water partition coefficient (Wildman–Crippen LogP) is 2.46. The van der Waals surface area contributed by atoms with Gasteiger partial charge in [0.2, 0.25) is 0 Å². The van der Waals surface area contributed by atoms with Crippen LogP contribution in [0.25, 0.3) is 4.85 Å². The monoisotopic (exact) mass is 412 g/mol. The van der Waals surface area contributed by atoms with E-state index in [2.05, 4.69) is 14.5 Å². The fraction of sp³-hybridized carbons (Fsp3) is 0.300. The Labute approximate surface area is 169 Å². The minimum absolute atomic E-state index is 0.00702.